The zero-order chi connectivity index (χ0) is 17.7. The maximum atomic E-state index is 12.5. The highest BCUT2D eigenvalue weighted by Crippen LogP contribution is 2.26. The van der Waals surface area contributed by atoms with Crippen molar-refractivity contribution in [3.8, 4) is 6.07 Å². The normalized spacial score (nSPS) is 14.9. The van der Waals surface area contributed by atoms with Gasteiger partial charge in [0.1, 0.15) is 11.6 Å². The van der Waals surface area contributed by atoms with Gasteiger partial charge in [-0.1, -0.05) is 0 Å². The number of hydrogen-bond donors (Lipinski definition) is 0. The third kappa shape index (κ3) is 3.88. The van der Waals surface area contributed by atoms with Gasteiger partial charge < -0.3 is 14.5 Å². The first kappa shape index (κ1) is 17.4. The summed E-state index contributed by atoms with van der Waals surface area (Å²) in [6, 6.07) is 6.25. The molecule has 2 rings (SSSR count). The van der Waals surface area contributed by atoms with Gasteiger partial charge in [-0.25, -0.2) is 0 Å². The monoisotopic (exact) mass is 330 g/mol. The molecule has 0 unspecified atom stereocenters. The minimum Gasteiger partial charge on any atom is -0.378 e. The average Bonchev–Trinajstić information content (AvgIpc) is 2.59. The van der Waals surface area contributed by atoms with E-state index in [-0.39, 0.29) is 11.3 Å². The van der Waals surface area contributed by atoms with Crippen molar-refractivity contribution in [1.29, 1.82) is 5.26 Å². The quantitative estimate of drug-likeness (QED) is 0.358. The Bertz CT molecular complexity index is 715. The summed E-state index contributed by atoms with van der Waals surface area (Å²) in [7, 11) is 3.57. The highest BCUT2D eigenvalue weighted by molar-refractivity contribution is 6.02. The minimum atomic E-state index is -0.507. The summed E-state index contributed by atoms with van der Waals surface area (Å²) in [5.41, 5.74) is 0.985. The van der Waals surface area contributed by atoms with Crippen LogP contribution >= 0.6 is 0 Å². The lowest BCUT2D eigenvalue weighted by Gasteiger charge is -2.26. The van der Waals surface area contributed by atoms with Crippen molar-refractivity contribution >= 4 is 23.4 Å². The predicted octanol–water partition coefficient (Wildman–Crippen LogP) is 1.43. The second kappa shape index (κ2) is 7.57. The molecule has 1 heterocycles. The number of nitro groups is 1. The van der Waals surface area contributed by atoms with E-state index in [1.165, 1.54) is 18.2 Å². The van der Waals surface area contributed by atoms with E-state index in [9.17, 15) is 20.2 Å². The van der Waals surface area contributed by atoms with Crippen LogP contribution in [0.5, 0.6) is 0 Å². The van der Waals surface area contributed by atoms with E-state index in [1.807, 2.05) is 6.07 Å². The Hall–Kier alpha value is -2.92. The van der Waals surface area contributed by atoms with E-state index < -0.39 is 10.8 Å². The molecule has 0 aliphatic carbocycles. The van der Waals surface area contributed by atoms with Gasteiger partial charge in [0.15, 0.2) is 0 Å². The number of benzene rings is 1. The van der Waals surface area contributed by atoms with Crippen molar-refractivity contribution in [2.75, 3.05) is 45.3 Å². The number of nitriles is 1. The molecule has 1 aliphatic heterocycles. The van der Waals surface area contributed by atoms with Crippen LogP contribution in [0.1, 0.15) is 5.56 Å². The minimum absolute atomic E-state index is 0.0551. The molecule has 1 saturated heterocycles. The number of morpholine rings is 1. The Kier molecular flexibility index (Phi) is 5.50. The smallest absolute Gasteiger partial charge is 0.270 e. The Morgan fingerprint density at radius 1 is 1.42 bits per heavy atom. The first-order chi connectivity index (χ1) is 11.4. The van der Waals surface area contributed by atoms with E-state index in [2.05, 4.69) is 0 Å². The molecule has 0 saturated carbocycles. The second-order valence-corrected chi connectivity index (χ2v) is 5.47. The number of hydrogen-bond acceptors (Lipinski definition) is 6. The van der Waals surface area contributed by atoms with Gasteiger partial charge in [0.25, 0.3) is 11.6 Å². The Labute approximate surface area is 139 Å². The third-order valence-corrected chi connectivity index (χ3v) is 3.65. The molecule has 1 aromatic carbocycles. The molecule has 0 N–H and O–H groups in total. The van der Waals surface area contributed by atoms with Crippen molar-refractivity contribution in [1.82, 2.24) is 4.90 Å². The van der Waals surface area contributed by atoms with E-state index in [4.69, 9.17) is 4.74 Å². The first-order valence-electron chi connectivity index (χ1n) is 7.38. The fraction of sp³-hybridized carbons (Fsp3) is 0.375. The van der Waals surface area contributed by atoms with E-state index in [0.29, 0.717) is 37.6 Å². The van der Waals surface area contributed by atoms with E-state index >= 15 is 0 Å². The number of nitrogens with zero attached hydrogens (tertiary/aromatic N) is 4. The van der Waals surface area contributed by atoms with Gasteiger partial charge in [-0.2, -0.15) is 5.26 Å². The molecule has 1 amide bonds. The molecule has 0 atom stereocenters. The van der Waals surface area contributed by atoms with Gasteiger partial charge >= 0.3 is 0 Å². The van der Waals surface area contributed by atoms with Crippen LogP contribution in [0.4, 0.5) is 11.4 Å². The molecule has 1 aliphatic rings. The van der Waals surface area contributed by atoms with Gasteiger partial charge in [0.2, 0.25) is 0 Å². The fourth-order valence-electron chi connectivity index (χ4n) is 2.41. The summed E-state index contributed by atoms with van der Waals surface area (Å²) in [4.78, 5) is 26.3. The van der Waals surface area contributed by atoms with Gasteiger partial charge in [0.05, 0.1) is 18.1 Å². The summed E-state index contributed by atoms with van der Waals surface area (Å²) >= 11 is 0. The molecule has 8 nitrogen and oxygen atoms in total. The lowest BCUT2D eigenvalue weighted by molar-refractivity contribution is -0.384. The summed E-state index contributed by atoms with van der Waals surface area (Å²) in [5.74, 6) is -0.392. The zero-order valence-corrected chi connectivity index (χ0v) is 13.6. The summed E-state index contributed by atoms with van der Waals surface area (Å²) in [5, 5.41) is 20.3. The lowest BCUT2D eigenvalue weighted by Crippen LogP contribution is -2.41. The largest absolute Gasteiger partial charge is 0.378 e. The molecular weight excluding hydrogens is 312 g/mol. The van der Waals surface area contributed by atoms with Crippen LogP contribution in [-0.4, -0.2) is 56.1 Å². The number of rotatable bonds is 4. The summed E-state index contributed by atoms with van der Waals surface area (Å²) in [6.45, 7) is 1.72. The van der Waals surface area contributed by atoms with Crippen molar-refractivity contribution in [2.45, 2.75) is 0 Å². The van der Waals surface area contributed by atoms with Crippen LogP contribution < -0.4 is 4.90 Å². The van der Waals surface area contributed by atoms with Crippen LogP contribution in [0.3, 0.4) is 0 Å². The molecule has 0 aromatic heterocycles. The molecule has 1 fully saturated rings. The lowest BCUT2D eigenvalue weighted by atomic mass is 10.1. The van der Waals surface area contributed by atoms with Crippen LogP contribution in [0.25, 0.3) is 6.08 Å². The van der Waals surface area contributed by atoms with Crippen LogP contribution in [-0.2, 0) is 9.53 Å². The van der Waals surface area contributed by atoms with E-state index in [1.54, 1.807) is 30.0 Å². The van der Waals surface area contributed by atoms with Gasteiger partial charge in [0, 0.05) is 50.6 Å². The van der Waals surface area contributed by atoms with Gasteiger partial charge in [-0.05, 0) is 12.1 Å². The van der Waals surface area contributed by atoms with Crippen LogP contribution in [0.2, 0.25) is 0 Å². The van der Waals surface area contributed by atoms with Crippen molar-refractivity contribution in [3.05, 3.63) is 39.4 Å². The number of amides is 1. The van der Waals surface area contributed by atoms with Crippen LogP contribution in [0.15, 0.2) is 23.8 Å². The highest BCUT2D eigenvalue weighted by atomic mass is 16.6. The Balaban J connectivity index is 2.42. The molecule has 8 heteroatoms. The molecule has 1 aromatic rings. The zero-order valence-electron chi connectivity index (χ0n) is 13.6. The molecule has 0 bridgehead atoms. The van der Waals surface area contributed by atoms with Crippen molar-refractivity contribution in [2.24, 2.45) is 0 Å². The molecule has 24 heavy (non-hydrogen) atoms. The van der Waals surface area contributed by atoms with Gasteiger partial charge in [-0.15, -0.1) is 0 Å². The molecular formula is C16H18N4O4. The number of non-ortho nitro benzene ring substituents is 1. The standard InChI is InChI=1S/C16H18N4O4/c1-18(2)15-4-3-14(20(22)23)10-12(15)9-13(11-17)16(21)19-5-7-24-8-6-19/h3-4,9-10H,5-8H2,1-2H3/b13-9+. The number of carbonyl (C=O) groups excluding carboxylic acids is 1. The maximum Gasteiger partial charge on any atom is 0.270 e. The van der Waals surface area contributed by atoms with Crippen molar-refractivity contribution in [3.63, 3.8) is 0 Å². The van der Waals surface area contributed by atoms with E-state index in [0.717, 1.165) is 0 Å². The average molecular weight is 330 g/mol. The summed E-state index contributed by atoms with van der Waals surface area (Å²) in [6.07, 6.45) is 1.40. The number of carbonyl (C=O) groups is 1. The number of ether oxygens (including phenoxy) is 1. The second-order valence-electron chi connectivity index (χ2n) is 5.47. The summed E-state index contributed by atoms with van der Waals surface area (Å²) < 4.78 is 5.20. The molecule has 0 radical (unpaired) electrons. The SMILES string of the molecule is CN(C)c1ccc([N+](=O)[O-])cc1/C=C(\C#N)C(=O)N1CCOCC1. The molecule has 0 spiro atoms. The number of nitro benzene ring substituents is 1. The maximum absolute atomic E-state index is 12.5. The topological polar surface area (TPSA) is 99.7 Å². The highest BCUT2D eigenvalue weighted by Gasteiger charge is 2.21. The Morgan fingerprint density at radius 2 is 2.08 bits per heavy atom. The van der Waals surface area contributed by atoms with Crippen LogP contribution in [0, 0.1) is 21.4 Å². The third-order valence-electron chi connectivity index (χ3n) is 3.65. The number of anilines is 1. The first-order valence-corrected chi connectivity index (χ1v) is 7.38. The fourth-order valence-corrected chi connectivity index (χ4v) is 2.41. The Morgan fingerprint density at radius 3 is 2.62 bits per heavy atom. The predicted molar refractivity (Wildman–Crippen MR) is 88.4 cm³/mol. The van der Waals surface area contributed by atoms with Crippen molar-refractivity contribution < 1.29 is 14.5 Å². The van der Waals surface area contributed by atoms with Gasteiger partial charge in [-0.3, -0.25) is 14.9 Å². The molecule has 126 valence electrons.